The van der Waals surface area contributed by atoms with E-state index in [2.05, 4.69) is 5.10 Å². The summed E-state index contributed by atoms with van der Waals surface area (Å²) in [5.74, 6) is -2.38. The van der Waals surface area contributed by atoms with E-state index < -0.39 is 11.6 Å². The van der Waals surface area contributed by atoms with Crippen molar-refractivity contribution in [2.45, 2.75) is 12.8 Å². The number of fused-ring (bicyclic) bond motifs is 1. The summed E-state index contributed by atoms with van der Waals surface area (Å²) < 4.78 is 33.8. The number of hydrogen-bond acceptors (Lipinski definition) is 3. The summed E-state index contributed by atoms with van der Waals surface area (Å²) in [6.07, 6.45) is 4.36. The summed E-state index contributed by atoms with van der Waals surface area (Å²) in [5.41, 5.74) is 1.23. The Kier molecular flexibility index (Phi) is 3.79. The maximum atomic E-state index is 13.7. The van der Waals surface area contributed by atoms with Gasteiger partial charge in [0, 0.05) is 19.7 Å². The summed E-state index contributed by atoms with van der Waals surface area (Å²) in [5, 5.41) is 4.04. The average Bonchev–Trinajstić information content (AvgIpc) is 2.94. The molecule has 0 bridgehead atoms. The van der Waals surface area contributed by atoms with Crippen molar-refractivity contribution in [3.63, 3.8) is 0 Å². The van der Waals surface area contributed by atoms with Crippen molar-refractivity contribution in [2.75, 3.05) is 18.1 Å². The van der Waals surface area contributed by atoms with Gasteiger partial charge in [-0.05, 0) is 24.1 Å². The van der Waals surface area contributed by atoms with Crippen LogP contribution in [0.1, 0.15) is 12.0 Å². The first-order valence-electron chi connectivity index (χ1n) is 6.95. The van der Waals surface area contributed by atoms with Crippen molar-refractivity contribution in [2.24, 2.45) is 7.05 Å². The Bertz CT molecular complexity index is 715. The minimum Gasteiger partial charge on any atom is -0.486 e. The molecule has 0 N–H and O–H groups in total. The predicted octanol–water partition coefficient (Wildman–Crippen LogP) is 2.06. The van der Waals surface area contributed by atoms with Gasteiger partial charge in [0.15, 0.2) is 11.6 Å². The highest BCUT2D eigenvalue weighted by Crippen LogP contribution is 2.35. The topological polar surface area (TPSA) is 47.4 Å². The summed E-state index contributed by atoms with van der Waals surface area (Å²) >= 11 is 0. The Hall–Kier alpha value is -2.44. The maximum absolute atomic E-state index is 13.7. The van der Waals surface area contributed by atoms with Crippen LogP contribution in [0.25, 0.3) is 0 Å². The molecule has 1 amide bonds. The number of aromatic nitrogens is 2. The Morgan fingerprint density at radius 2 is 2.23 bits per heavy atom. The smallest absolute Gasteiger partial charge is 0.227 e. The summed E-state index contributed by atoms with van der Waals surface area (Å²) in [7, 11) is 1.81. The van der Waals surface area contributed by atoms with E-state index in [0.29, 0.717) is 13.0 Å². The lowest BCUT2D eigenvalue weighted by Gasteiger charge is -2.29. The van der Waals surface area contributed by atoms with E-state index >= 15 is 0 Å². The molecule has 5 nitrogen and oxygen atoms in total. The Morgan fingerprint density at radius 3 is 2.95 bits per heavy atom. The average molecular weight is 307 g/mol. The Morgan fingerprint density at radius 1 is 1.41 bits per heavy atom. The molecule has 2 aromatic rings. The molecule has 0 fully saturated rings. The van der Waals surface area contributed by atoms with Gasteiger partial charge in [0.05, 0.1) is 18.4 Å². The number of nitrogens with zero attached hydrogens (tertiary/aromatic N) is 3. The number of rotatable bonds is 3. The van der Waals surface area contributed by atoms with E-state index in [1.165, 1.54) is 11.0 Å². The molecule has 1 aliphatic rings. The van der Waals surface area contributed by atoms with Crippen molar-refractivity contribution in [1.29, 1.82) is 0 Å². The fourth-order valence-corrected chi connectivity index (χ4v) is 2.48. The molecule has 0 unspecified atom stereocenters. The number of ether oxygens (including phenoxy) is 1. The van der Waals surface area contributed by atoms with Crippen LogP contribution >= 0.6 is 0 Å². The highest BCUT2D eigenvalue weighted by atomic mass is 19.2. The third-order valence-corrected chi connectivity index (χ3v) is 3.57. The van der Waals surface area contributed by atoms with Crippen LogP contribution in [0.5, 0.6) is 5.75 Å². The number of benzene rings is 1. The maximum Gasteiger partial charge on any atom is 0.227 e. The fraction of sp³-hybridized carbons (Fsp3) is 0.333. The second-order valence-corrected chi connectivity index (χ2v) is 5.13. The standard InChI is InChI=1S/C15H15F2N3O2/c1-19-9-10(8-18-19)2-5-13(21)20-6-7-22-15-12(20)4-3-11(16)14(15)17/h3-4,8-9H,2,5-7H2,1H3. The number of carbonyl (C=O) groups excluding carboxylic acids is 1. The highest BCUT2D eigenvalue weighted by molar-refractivity contribution is 5.95. The normalized spacial score (nSPS) is 13.7. The van der Waals surface area contributed by atoms with Gasteiger partial charge in [-0.3, -0.25) is 9.48 Å². The first-order valence-corrected chi connectivity index (χ1v) is 6.95. The molecule has 0 radical (unpaired) electrons. The summed E-state index contributed by atoms with van der Waals surface area (Å²) in [6.45, 7) is 0.468. The first kappa shape index (κ1) is 14.5. The lowest BCUT2D eigenvalue weighted by molar-refractivity contribution is -0.118. The number of anilines is 1. The Balaban J connectivity index is 1.76. The molecule has 0 aliphatic carbocycles. The largest absolute Gasteiger partial charge is 0.486 e. The van der Waals surface area contributed by atoms with E-state index in [4.69, 9.17) is 4.74 Å². The van der Waals surface area contributed by atoms with Crippen molar-refractivity contribution < 1.29 is 18.3 Å². The minimum atomic E-state index is -1.05. The highest BCUT2D eigenvalue weighted by Gasteiger charge is 2.27. The van der Waals surface area contributed by atoms with Gasteiger partial charge in [-0.2, -0.15) is 9.49 Å². The third kappa shape index (κ3) is 2.66. The van der Waals surface area contributed by atoms with Gasteiger partial charge >= 0.3 is 0 Å². The van der Waals surface area contributed by atoms with Gasteiger partial charge in [0.1, 0.15) is 6.61 Å². The number of halogens is 2. The zero-order valence-electron chi connectivity index (χ0n) is 12.1. The van der Waals surface area contributed by atoms with Crippen LogP contribution < -0.4 is 9.64 Å². The van der Waals surface area contributed by atoms with E-state index in [-0.39, 0.29) is 30.4 Å². The third-order valence-electron chi connectivity index (χ3n) is 3.57. The van der Waals surface area contributed by atoms with Crippen molar-refractivity contribution in [1.82, 2.24) is 9.78 Å². The van der Waals surface area contributed by atoms with Gasteiger partial charge in [-0.15, -0.1) is 0 Å². The molecule has 0 saturated carbocycles. The summed E-state index contributed by atoms with van der Waals surface area (Å²) in [4.78, 5) is 13.8. The molecule has 1 aromatic heterocycles. The molecular formula is C15H15F2N3O2. The number of aryl methyl sites for hydroxylation is 2. The molecular weight excluding hydrogens is 292 g/mol. The first-order chi connectivity index (χ1) is 10.6. The van der Waals surface area contributed by atoms with E-state index in [0.717, 1.165) is 11.6 Å². The van der Waals surface area contributed by atoms with Crippen LogP contribution in [0, 0.1) is 11.6 Å². The van der Waals surface area contributed by atoms with Crippen molar-refractivity contribution in [3.05, 3.63) is 41.7 Å². The van der Waals surface area contributed by atoms with Crippen LogP contribution in [0.4, 0.5) is 14.5 Å². The molecule has 0 saturated heterocycles. The molecule has 0 spiro atoms. The quantitative estimate of drug-likeness (QED) is 0.872. The second-order valence-electron chi connectivity index (χ2n) is 5.13. The second kappa shape index (κ2) is 5.75. The molecule has 116 valence electrons. The molecule has 1 aromatic carbocycles. The molecule has 3 rings (SSSR count). The molecule has 2 heterocycles. The lowest BCUT2D eigenvalue weighted by Crippen LogP contribution is -2.38. The molecule has 0 atom stereocenters. The SMILES string of the molecule is Cn1cc(CCC(=O)N2CCOc3c2ccc(F)c3F)cn1. The molecule has 1 aliphatic heterocycles. The zero-order valence-corrected chi connectivity index (χ0v) is 12.1. The van der Waals surface area contributed by atoms with Crippen LogP contribution in [0.15, 0.2) is 24.5 Å². The predicted molar refractivity (Wildman–Crippen MR) is 75.7 cm³/mol. The minimum absolute atomic E-state index is 0.145. The van der Waals surface area contributed by atoms with Crippen LogP contribution in [-0.4, -0.2) is 28.8 Å². The molecule has 22 heavy (non-hydrogen) atoms. The number of amides is 1. The van der Waals surface area contributed by atoms with Crippen molar-refractivity contribution >= 4 is 11.6 Å². The van der Waals surface area contributed by atoms with Gasteiger partial charge < -0.3 is 9.64 Å². The van der Waals surface area contributed by atoms with E-state index in [1.807, 2.05) is 6.20 Å². The Labute approximate surface area is 126 Å². The molecule has 7 heteroatoms. The lowest BCUT2D eigenvalue weighted by atomic mass is 10.1. The van der Waals surface area contributed by atoms with Crippen molar-refractivity contribution in [3.8, 4) is 5.75 Å². The van der Waals surface area contributed by atoms with Gasteiger partial charge in [-0.25, -0.2) is 4.39 Å². The van der Waals surface area contributed by atoms with Gasteiger partial charge in [-0.1, -0.05) is 0 Å². The van der Waals surface area contributed by atoms with E-state index in [9.17, 15) is 13.6 Å². The van der Waals surface area contributed by atoms with Crippen LogP contribution in [-0.2, 0) is 18.3 Å². The zero-order chi connectivity index (χ0) is 15.7. The number of carbonyl (C=O) groups is 1. The van der Waals surface area contributed by atoms with Crippen LogP contribution in [0.2, 0.25) is 0 Å². The number of hydrogen-bond donors (Lipinski definition) is 0. The van der Waals surface area contributed by atoms with Crippen LogP contribution in [0.3, 0.4) is 0 Å². The monoisotopic (exact) mass is 307 g/mol. The fourth-order valence-electron chi connectivity index (χ4n) is 2.48. The van der Waals surface area contributed by atoms with E-state index in [1.54, 1.807) is 17.9 Å². The van der Waals surface area contributed by atoms with Gasteiger partial charge in [0.2, 0.25) is 11.7 Å². The van der Waals surface area contributed by atoms with Gasteiger partial charge in [0.25, 0.3) is 0 Å². The summed E-state index contributed by atoms with van der Waals surface area (Å²) in [6, 6.07) is 2.37.